The van der Waals surface area contributed by atoms with E-state index in [9.17, 15) is 0 Å². The molecule has 0 amide bonds. The van der Waals surface area contributed by atoms with Gasteiger partial charge in [0.25, 0.3) is 0 Å². The van der Waals surface area contributed by atoms with Crippen molar-refractivity contribution in [1.82, 2.24) is 5.32 Å². The Morgan fingerprint density at radius 2 is 1.62 bits per heavy atom. The quantitative estimate of drug-likeness (QED) is 0.712. The molecule has 2 rings (SSSR count). The molecular weight excluding hydrogens is 194 g/mol. The molecule has 0 aromatic carbocycles. The third-order valence-electron chi connectivity index (χ3n) is 5.35. The van der Waals surface area contributed by atoms with Crippen LogP contribution in [-0.2, 0) is 0 Å². The minimum atomic E-state index is 0.609. The summed E-state index contributed by atoms with van der Waals surface area (Å²) in [7, 11) is 0. The first kappa shape index (κ1) is 12.4. The maximum Gasteiger partial charge on any atom is -0.00127 e. The van der Waals surface area contributed by atoms with Gasteiger partial charge in [0, 0.05) is 0 Å². The summed E-state index contributed by atoms with van der Waals surface area (Å²) in [6.07, 6.45) is 7.26. The molecule has 0 bridgehead atoms. The number of hydrogen-bond donors (Lipinski definition) is 1. The van der Waals surface area contributed by atoms with Gasteiger partial charge in [-0.3, -0.25) is 0 Å². The Bertz CT molecular complexity index is 232. The summed E-state index contributed by atoms with van der Waals surface area (Å²) in [6, 6.07) is 0. The lowest BCUT2D eigenvalue weighted by molar-refractivity contribution is -0.00303. The Hall–Kier alpha value is -0.0400. The van der Waals surface area contributed by atoms with Crippen molar-refractivity contribution in [1.29, 1.82) is 0 Å². The van der Waals surface area contributed by atoms with Crippen LogP contribution in [-0.4, -0.2) is 13.1 Å². The average Bonchev–Trinajstić information content (AvgIpc) is 2.23. The zero-order valence-corrected chi connectivity index (χ0v) is 11.6. The Morgan fingerprint density at radius 3 is 2.19 bits per heavy atom. The summed E-state index contributed by atoms with van der Waals surface area (Å²) in [6.45, 7) is 12.2. The summed E-state index contributed by atoms with van der Waals surface area (Å²) < 4.78 is 0. The molecule has 94 valence electrons. The lowest BCUT2D eigenvalue weighted by Gasteiger charge is -2.52. The van der Waals surface area contributed by atoms with E-state index in [0.29, 0.717) is 10.8 Å². The lowest BCUT2D eigenvalue weighted by Crippen LogP contribution is -2.49. The predicted octanol–water partition coefficient (Wildman–Crippen LogP) is 3.84. The molecule has 1 heteroatoms. The monoisotopic (exact) mass is 223 g/mol. The van der Waals surface area contributed by atoms with E-state index in [1.54, 1.807) is 0 Å². The highest BCUT2D eigenvalue weighted by atomic mass is 14.9. The minimum absolute atomic E-state index is 0.609. The second-order valence-corrected chi connectivity index (χ2v) is 7.33. The number of piperidine rings is 1. The lowest BCUT2D eigenvalue weighted by atomic mass is 9.55. The van der Waals surface area contributed by atoms with Gasteiger partial charge in [-0.15, -0.1) is 0 Å². The first-order chi connectivity index (χ1) is 7.45. The zero-order chi connectivity index (χ0) is 11.8. The predicted molar refractivity (Wildman–Crippen MR) is 70.5 cm³/mol. The first-order valence-electron chi connectivity index (χ1n) is 7.16. The summed E-state index contributed by atoms with van der Waals surface area (Å²) in [5.74, 6) is 1.76. The molecular formula is C15H29N. The molecule has 0 aromatic rings. The van der Waals surface area contributed by atoms with Gasteiger partial charge < -0.3 is 5.32 Å². The van der Waals surface area contributed by atoms with E-state index < -0.39 is 0 Å². The molecule has 2 fully saturated rings. The Morgan fingerprint density at radius 1 is 1.00 bits per heavy atom. The molecule has 16 heavy (non-hydrogen) atoms. The van der Waals surface area contributed by atoms with Crippen LogP contribution in [0.15, 0.2) is 0 Å². The van der Waals surface area contributed by atoms with Crippen molar-refractivity contribution in [3.05, 3.63) is 0 Å². The molecule has 1 saturated heterocycles. The van der Waals surface area contributed by atoms with Crippen molar-refractivity contribution in [3.63, 3.8) is 0 Å². The fourth-order valence-electron chi connectivity index (χ4n) is 3.99. The summed E-state index contributed by atoms with van der Waals surface area (Å²) in [5.41, 5.74) is 1.30. The molecule has 1 heterocycles. The highest BCUT2D eigenvalue weighted by Crippen LogP contribution is 2.53. The Labute approximate surface area is 101 Å². The smallest absolute Gasteiger partial charge is 0.00127 e. The van der Waals surface area contributed by atoms with Gasteiger partial charge in [0.2, 0.25) is 0 Å². The van der Waals surface area contributed by atoms with Gasteiger partial charge in [-0.1, -0.05) is 27.7 Å². The van der Waals surface area contributed by atoms with Gasteiger partial charge in [-0.05, 0) is 67.9 Å². The third-order valence-corrected chi connectivity index (χ3v) is 5.35. The van der Waals surface area contributed by atoms with E-state index >= 15 is 0 Å². The molecule has 1 spiro atoms. The number of rotatable bonds is 1. The van der Waals surface area contributed by atoms with E-state index in [1.165, 1.54) is 45.2 Å². The van der Waals surface area contributed by atoms with Crippen molar-refractivity contribution < 1.29 is 0 Å². The van der Waals surface area contributed by atoms with Crippen LogP contribution in [0.2, 0.25) is 0 Å². The second-order valence-electron chi connectivity index (χ2n) is 7.33. The molecule has 2 aliphatic rings. The Balaban J connectivity index is 2.10. The first-order valence-corrected chi connectivity index (χ1v) is 7.16. The van der Waals surface area contributed by atoms with Crippen LogP contribution in [0.5, 0.6) is 0 Å². The molecule has 0 aromatic heterocycles. The summed E-state index contributed by atoms with van der Waals surface area (Å²) in [4.78, 5) is 0. The van der Waals surface area contributed by atoms with Gasteiger partial charge in [0.15, 0.2) is 0 Å². The summed E-state index contributed by atoms with van der Waals surface area (Å²) in [5, 5.41) is 3.61. The van der Waals surface area contributed by atoms with Gasteiger partial charge >= 0.3 is 0 Å². The van der Waals surface area contributed by atoms with Crippen LogP contribution in [0, 0.1) is 22.7 Å². The maximum atomic E-state index is 3.61. The average molecular weight is 223 g/mol. The van der Waals surface area contributed by atoms with Crippen LogP contribution in [0.1, 0.15) is 59.8 Å². The molecule has 1 aliphatic carbocycles. The van der Waals surface area contributed by atoms with E-state index in [4.69, 9.17) is 0 Å². The van der Waals surface area contributed by atoms with Crippen LogP contribution in [0.3, 0.4) is 0 Å². The fraction of sp³-hybridized carbons (Fsp3) is 1.00. The van der Waals surface area contributed by atoms with Gasteiger partial charge in [-0.2, -0.15) is 0 Å². The van der Waals surface area contributed by atoms with Crippen molar-refractivity contribution >= 4 is 0 Å². The molecule has 1 saturated carbocycles. The van der Waals surface area contributed by atoms with Gasteiger partial charge in [-0.25, -0.2) is 0 Å². The largest absolute Gasteiger partial charge is 0.316 e. The SMILES string of the molecule is CC(C)C1CNCCC12CCC(C)(C)CC2. The highest BCUT2D eigenvalue weighted by molar-refractivity contribution is 4.97. The third kappa shape index (κ3) is 2.30. The van der Waals surface area contributed by atoms with Crippen LogP contribution >= 0.6 is 0 Å². The molecule has 1 nitrogen and oxygen atoms in total. The number of nitrogens with one attached hydrogen (secondary N) is 1. The van der Waals surface area contributed by atoms with Gasteiger partial charge in [0.1, 0.15) is 0 Å². The maximum absolute atomic E-state index is 3.61. The van der Waals surface area contributed by atoms with Gasteiger partial charge in [0.05, 0.1) is 0 Å². The van der Waals surface area contributed by atoms with Crippen molar-refractivity contribution in [3.8, 4) is 0 Å². The minimum Gasteiger partial charge on any atom is -0.316 e. The van der Waals surface area contributed by atoms with E-state index in [-0.39, 0.29) is 0 Å². The normalized spacial score (nSPS) is 33.2. The van der Waals surface area contributed by atoms with Crippen LogP contribution < -0.4 is 5.32 Å². The van der Waals surface area contributed by atoms with Crippen molar-refractivity contribution in [2.24, 2.45) is 22.7 Å². The fourth-order valence-corrected chi connectivity index (χ4v) is 3.99. The zero-order valence-electron chi connectivity index (χ0n) is 11.6. The van der Waals surface area contributed by atoms with E-state index in [1.807, 2.05) is 0 Å². The molecule has 1 N–H and O–H groups in total. The van der Waals surface area contributed by atoms with Crippen LogP contribution in [0.4, 0.5) is 0 Å². The van der Waals surface area contributed by atoms with Crippen LogP contribution in [0.25, 0.3) is 0 Å². The van der Waals surface area contributed by atoms with E-state index in [2.05, 4.69) is 33.0 Å². The molecule has 1 aliphatic heterocycles. The highest BCUT2D eigenvalue weighted by Gasteiger charge is 2.45. The molecule has 1 unspecified atom stereocenters. The van der Waals surface area contributed by atoms with Crippen molar-refractivity contribution in [2.45, 2.75) is 59.8 Å². The molecule has 0 radical (unpaired) electrons. The summed E-state index contributed by atoms with van der Waals surface area (Å²) >= 11 is 0. The standard InChI is InChI=1S/C15H29N/c1-12(2)13-11-16-10-9-15(13)7-5-14(3,4)6-8-15/h12-13,16H,5-11H2,1-4H3. The topological polar surface area (TPSA) is 12.0 Å². The second kappa shape index (κ2) is 4.33. The van der Waals surface area contributed by atoms with E-state index in [0.717, 1.165) is 11.8 Å². The van der Waals surface area contributed by atoms with Crippen molar-refractivity contribution in [2.75, 3.05) is 13.1 Å². The number of hydrogen-bond acceptors (Lipinski definition) is 1. The molecule has 1 atom stereocenters. The Kier molecular flexibility index (Phi) is 3.36.